The number of aromatic amines is 1. The Morgan fingerprint density at radius 2 is 2.00 bits per heavy atom. The van der Waals surface area contributed by atoms with Gasteiger partial charge < -0.3 is 4.55 Å². The number of nitrogens with zero attached hydrogens (tertiary/aromatic N) is 2. The zero-order valence-electron chi connectivity index (χ0n) is 14.8. The van der Waals surface area contributed by atoms with E-state index < -0.39 is 29.1 Å². The summed E-state index contributed by atoms with van der Waals surface area (Å²) in [5.74, 6) is -1.84. The summed E-state index contributed by atoms with van der Waals surface area (Å²) in [5, 5.41) is 8.92. The molecule has 2 heterocycles. The van der Waals surface area contributed by atoms with Gasteiger partial charge in [0.1, 0.15) is 17.8 Å². The third kappa shape index (κ3) is 3.74. The monoisotopic (exact) mass is 419 g/mol. The molecule has 2 N–H and O–H groups in total. The van der Waals surface area contributed by atoms with Crippen molar-refractivity contribution in [3.8, 4) is 11.1 Å². The van der Waals surface area contributed by atoms with Gasteiger partial charge in [-0.05, 0) is 29.5 Å². The van der Waals surface area contributed by atoms with Crippen LogP contribution in [0.5, 0.6) is 0 Å². The minimum atomic E-state index is -2.54. The Kier molecular flexibility index (Phi) is 5.31. The minimum Gasteiger partial charge on any atom is -0.760 e. The lowest BCUT2D eigenvalue weighted by atomic mass is 9.96. The molecular weight excluding hydrogens is 405 g/mol. The van der Waals surface area contributed by atoms with Gasteiger partial charge in [0.05, 0.1) is 11.8 Å². The number of fused-ring (bicyclic) bond motifs is 3. The van der Waals surface area contributed by atoms with E-state index in [1.165, 1.54) is 0 Å². The van der Waals surface area contributed by atoms with Gasteiger partial charge in [0.2, 0.25) is 0 Å². The van der Waals surface area contributed by atoms with Gasteiger partial charge >= 0.3 is 0 Å². The average molecular weight is 419 g/mol. The molecule has 2 atom stereocenters. The molecule has 2 unspecified atom stereocenters. The topological polar surface area (TPSA) is 93.7 Å². The molecule has 0 saturated carbocycles. The van der Waals surface area contributed by atoms with Gasteiger partial charge in [-0.1, -0.05) is 18.2 Å². The first-order valence-corrected chi connectivity index (χ1v) is 9.70. The number of halogens is 3. The lowest BCUT2D eigenvalue weighted by Crippen LogP contribution is -2.19. The van der Waals surface area contributed by atoms with Gasteiger partial charge in [-0.2, -0.15) is 5.10 Å². The van der Waals surface area contributed by atoms with Crippen LogP contribution in [0.4, 0.5) is 13.2 Å². The Morgan fingerprint density at radius 1 is 1.17 bits per heavy atom. The van der Waals surface area contributed by atoms with Crippen LogP contribution in [0.15, 0.2) is 42.7 Å². The highest BCUT2D eigenvalue weighted by Gasteiger charge is 2.21. The summed E-state index contributed by atoms with van der Waals surface area (Å²) in [7, 11) is 0. The van der Waals surface area contributed by atoms with E-state index in [4.69, 9.17) is 0 Å². The standard InChI is InChI=1S/C19H15F3N4O2S/c20-15(5-6-25-29(27)28)13-3-4-16(21)17(18(13)22)10-1-2-12-11(7-10)8-23-19-14(12)9-24-26-19/h1-4,7-9,15,25H,5-6H2,(H,27,28)(H,23,24,26)/p-1. The molecule has 0 aliphatic heterocycles. The first kappa shape index (κ1) is 19.5. The van der Waals surface area contributed by atoms with Crippen LogP contribution in [0.1, 0.15) is 18.2 Å². The number of H-pyrrole nitrogens is 1. The quantitative estimate of drug-likeness (QED) is 0.465. The molecule has 10 heteroatoms. The fourth-order valence-corrected chi connectivity index (χ4v) is 3.56. The largest absolute Gasteiger partial charge is 0.760 e. The SMILES string of the molecule is O=S([O-])NCCC(F)c1ccc(F)c(-c2ccc3c(cnc4[nH]ncc43)c2)c1F. The summed E-state index contributed by atoms with van der Waals surface area (Å²) in [5.41, 5.74) is 0.158. The number of hydrogen-bond donors (Lipinski definition) is 2. The second-order valence-electron chi connectivity index (χ2n) is 6.40. The summed E-state index contributed by atoms with van der Waals surface area (Å²) in [6.45, 7) is -0.203. The first-order chi connectivity index (χ1) is 14.0. The smallest absolute Gasteiger partial charge is 0.155 e. The highest BCUT2D eigenvalue weighted by molar-refractivity contribution is 7.77. The molecule has 0 radical (unpaired) electrons. The molecule has 2 aromatic carbocycles. The number of pyridine rings is 1. The molecule has 4 aromatic rings. The fourth-order valence-electron chi connectivity index (χ4n) is 3.28. The van der Waals surface area contributed by atoms with Crippen molar-refractivity contribution in [1.82, 2.24) is 19.9 Å². The van der Waals surface area contributed by atoms with Crippen LogP contribution in [-0.4, -0.2) is 30.5 Å². The maximum absolute atomic E-state index is 15.0. The summed E-state index contributed by atoms with van der Waals surface area (Å²) < 4.78 is 66.9. The molecule has 0 aliphatic rings. The lowest BCUT2D eigenvalue weighted by molar-refractivity contribution is 0.314. The Hall–Kier alpha value is -2.82. The van der Waals surface area contributed by atoms with Crippen molar-refractivity contribution in [3.05, 3.63) is 59.9 Å². The van der Waals surface area contributed by atoms with E-state index in [0.29, 0.717) is 11.0 Å². The van der Waals surface area contributed by atoms with Crippen LogP contribution >= 0.6 is 0 Å². The van der Waals surface area contributed by atoms with Crippen molar-refractivity contribution in [3.63, 3.8) is 0 Å². The Labute approximate surface area is 165 Å². The van der Waals surface area contributed by atoms with Crippen molar-refractivity contribution >= 4 is 33.1 Å². The van der Waals surface area contributed by atoms with E-state index >= 15 is 4.39 Å². The third-order valence-electron chi connectivity index (χ3n) is 4.66. The molecule has 150 valence electrons. The van der Waals surface area contributed by atoms with Crippen LogP contribution < -0.4 is 4.72 Å². The van der Waals surface area contributed by atoms with Crippen LogP contribution in [-0.2, 0) is 11.3 Å². The molecule has 0 aliphatic carbocycles. The van der Waals surface area contributed by atoms with Crippen molar-refractivity contribution in [1.29, 1.82) is 0 Å². The molecule has 0 spiro atoms. The predicted octanol–water partition coefficient (Wildman–Crippen LogP) is 3.84. The van der Waals surface area contributed by atoms with Crippen LogP contribution in [0.3, 0.4) is 0 Å². The van der Waals surface area contributed by atoms with Crippen molar-refractivity contribution in [2.24, 2.45) is 0 Å². The molecule has 29 heavy (non-hydrogen) atoms. The van der Waals surface area contributed by atoms with E-state index in [1.54, 1.807) is 30.6 Å². The summed E-state index contributed by atoms with van der Waals surface area (Å²) in [6.07, 6.45) is 1.10. The summed E-state index contributed by atoms with van der Waals surface area (Å²) in [4.78, 5) is 4.22. The molecule has 2 aromatic heterocycles. The second kappa shape index (κ2) is 7.90. The Bertz CT molecular complexity index is 1230. The number of hydrogen-bond acceptors (Lipinski definition) is 4. The molecule has 4 rings (SSSR count). The van der Waals surface area contributed by atoms with Gasteiger partial charge in [-0.15, -0.1) is 0 Å². The molecule has 0 fully saturated rings. The molecule has 0 bridgehead atoms. The third-order valence-corrected chi connectivity index (χ3v) is 5.10. The summed E-state index contributed by atoms with van der Waals surface area (Å²) >= 11 is -2.54. The maximum Gasteiger partial charge on any atom is 0.155 e. The van der Waals surface area contributed by atoms with Gasteiger partial charge in [-0.3, -0.25) is 9.31 Å². The zero-order chi connectivity index (χ0) is 20.5. The molecular formula is C19H14F3N4O2S-. The van der Waals surface area contributed by atoms with E-state index in [0.717, 1.165) is 22.9 Å². The van der Waals surface area contributed by atoms with Gasteiger partial charge in [0, 0.05) is 40.3 Å². The molecule has 6 nitrogen and oxygen atoms in total. The number of alkyl halides is 1. The minimum absolute atomic E-state index is 0.203. The van der Waals surface area contributed by atoms with Crippen molar-refractivity contribution < 1.29 is 21.9 Å². The molecule has 0 amide bonds. The summed E-state index contributed by atoms with van der Waals surface area (Å²) in [6, 6.07) is 6.87. The fraction of sp³-hybridized carbons (Fsp3) is 0.158. The van der Waals surface area contributed by atoms with E-state index in [9.17, 15) is 17.5 Å². The van der Waals surface area contributed by atoms with Crippen molar-refractivity contribution in [2.75, 3.05) is 6.54 Å². The van der Waals surface area contributed by atoms with Crippen LogP contribution in [0, 0.1) is 11.6 Å². The van der Waals surface area contributed by atoms with Crippen LogP contribution in [0.2, 0.25) is 0 Å². The Balaban J connectivity index is 1.74. The highest BCUT2D eigenvalue weighted by atomic mass is 32.2. The highest BCUT2D eigenvalue weighted by Crippen LogP contribution is 2.35. The average Bonchev–Trinajstić information content (AvgIpc) is 3.16. The maximum atomic E-state index is 15.0. The second-order valence-corrected chi connectivity index (χ2v) is 7.16. The van der Waals surface area contributed by atoms with Crippen LogP contribution in [0.25, 0.3) is 32.9 Å². The van der Waals surface area contributed by atoms with E-state index in [1.807, 2.05) is 4.72 Å². The Morgan fingerprint density at radius 3 is 2.79 bits per heavy atom. The zero-order valence-corrected chi connectivity index (χ0v) is 15.6. The first-order valence-electron chi connectivity index (χ1n) is 8.62. The van der Waals surface area contributed by atoms with Gasteiger partial charge in [-0.25, -0.2) is 22.9 Å². The van der Waals surface area contributed by atoms with Crippen molar-refractivity contribution in [2.45, 2.75) is 12.6 Å². The van der Waals surface area contributed by atoms with E-state index in [-0.39, 0.29) is 29.7 Å². The number of benzene rings is 2. The lowest BCUT2D eigenvalue weighted by Gasteiger charge is -2.15. The molecule has 0 saturated heterocycles. The number of rotatable bonds is 6. The van der Waals surface area contributed by atoms with Gasteiger partial charge in [0.25, 0.3) is 0 Å². The number of aromatic nitrogens is 3. The van der Waals surface area contributed by atoms with Gasteiger partial charge in [0.15, 0.2) is 5.65 Å². The normalized spacial score (nSPS) is 13.8. The predicted molar refractivity (Wildman–Crippen MR) is 102 cm³/mol. The van der Waals surface area contributed by atoms with E-state index in [2.05, 4.69) is 15.2 Å². The number of nitrogens with one attached hydrogen (secondary N) is 2.